The van der Waals surface area contributed by atoms with Gasteiger partial charge >= 0.3 is 12.1 Å². The zero-order valence-corrected chi connectivity index (χ0v) is 36.2. The van der Waals surface area contributed by atoms with Gasteiger partial charge in [0.2, 0.25) is 5.78 Å². The minimum absolute atomic E-state index is 0.0334. The second-order valence-electron chi connectivity index (χ2n) is 19.3. The number of Topliss-reactive ketones (excluding diaryl/α,β-unsaturated/α-hetero) is 1. The molecule has 1 aromatic rings. The summed E-state index contributed by atoms with van der Waals surface area (Å²) in [5, 5.41) is 31.6. The maximum atomic E-state index is 12.9. The fourth-order valence-corrected chi connectivity index (χ4v) is 14.4. The first-order valence-corrected chi connectivity index (χ1v) is 22.8. The van der Waals surface area contributed by atoms with Gasteiger partial charge < -0.3 is 29.7 Å². The van der Waals surface area contributed by atoms with E-state index in [0.717, 1.165) is 69.8 Å². The van der Waals surface area contributed by atoms with E-state index in [4.69, 9.17) is 32.7 Å². The van der Waals surface area contributed by atoms with Crippen LogP contribution in [0.15, 0.2) is 29.8 Å². The molecule has 58 heavy (non-hydrogen) atoms. The van der Waals surface area contributed by atoms with Crippen LogP contribution in [0.4, 0.5) is 4.79 Å². The van der Waals surface area contributed by atoms with Gasteiger partial charge in [-0.25, -0.2) is 4.79 Å². The third-order valence-corrected chi connectivity index (χ3v) is 17.1. The number of halogens is 2. The number of hydrogen-bond donors (Lipinski definition) is 3. The lowest BCUT2D eigenvalue weighted by molar-refractivity contribution is -0.200. The molecule has 12 heteroatoms. The Kier molecular flexibility index (Phi) is 12.6. The molecule has 3 N–H and O–H groups in total. The van der Waals surface area contributed by atoms with E-state index in [2.05, 4.69) is 19.9 Å². The molecule has 0 aromatic heterocycles. The van der Waals surface area contributed by atoms with Crippen molar-refractivity contribution in [2.45, 2.75) is 135 Å². The standard InChI is InChI=1S/C23H31Cl2NO3.C23H32O6/c1-23-9-8-18-17-5-3-16(29-22(28)26(12-10-24)13-11-25)14-15(17)2-4-19(18)20(23)6-7-21(23)27;1-13(25)29-23(19(28)12-24)9-7-17-16-5-4-14-10-15(26)6-8-21(14,2)20(16)18(27)11-22(17,23)3/h3,5,14,18-21,27H,2,4,6-13H2,1H3;10,16-18,20,24,27H,4-9,11-12H2,1-3H3/t18-,19-,20+,21+,23+;16-,17-,18-,20+,21-,22-,23-/m10/s1. The van der Waals surface area contributed by atoms with Gasteiger partial charge in [0.05, 0.1) is 12.2 Å². The normalized spacial score (nSPS) is 39.5. The van der Waals surface area contributed by atoms with Crippen LogP contribution in [-0.4, -0.2) is 93.1 Å². The molecule has 1 aromatic carbocycles. The van der Waals surface area contributed by atoms with Gasteiger partial charge in [0.25, 0.3) is 0 Å². The van der Waals surface area contributed by atoms with Crippen molar-refractivity contribution in [3.05, 3.63) is 41.0 Å². The minimum atomic E-state index is -1.37. The number of carbonyl (C=O) groups is 4. The van der Waals surface area contributed by atoms with E-state index in [1.54, 1.807) is 11.0 Å². The molecular weight excluding hydrogens is 781 g/mol. The molecule has 10 nitrogen and oxygen atoms in total. The highest BCUT2D eigenvalue weighted by Gasteiger charge is 2.70. The molecule has 8 rings (SSSR count). The average Bonchev–Trinajstić information content (AvgIpc) is 3.65. The monoisotopic (exact) mass is 843 g/mol. The maximum absolute atomic E-state index is 12.9. The molecule has 0 spiro atoms. The number of amides is 1. The summed E-state index contributed by atoms with van der Waals surface area (Å²) in [5.41, 5.74) is 1.70. The topological polar surface area (TPSA) is 151 Å². The van der Waals surface area contributed by atoms with E-state index in [-0.39, 0.29) is 40.5 Å². The average molecular weight is 845 g/mol. The molecule has 0 aliphatic heterocycles. The smallest absolute Gasteiger partial charge is 0.415 e. The number of ketones is 2. The first kappa shape index (κ1) is 43.6. The van der Waals surface area contributed by atoms with Gasteiger partial charge in [-0.3, -0.25) is 14.4 Å². The van der Waals surface area contributed by atoms with Crippen molar-refractivity contribution in [2.24, 2.45) is 45.8 Å². The van der Waals surface area contributed by atoms with E-state index in [0.29, 0.717) is 67.6 Å². The van der Waals surface area contributed by atoms with E-state index in [1.807, 2.05) is 19.1 Å². The molecule has 0 bridgehead atoms. The fourth-order valence-electron chi connectivity index (χ4n) is 14.0. The number of allylic oxidation sites excluding steroid dienone is 1. The Bertz CT molecular complexity index is 1800. The molecule has 7 aliphatic carbocycles. The second kappa shape index (κ2) is 16.8. The molecule has 5 fully saturated rings. The van der Waals surface area contributed by atoms with Gasteiger partial charge in [0.15, 0.2) is 11.4 Å². The lowest BCUT2D eigenvalue weighted by Gasteiger charge is -2.60. The van der Waals surface area contributed by atoms with Gasteiger partial charge in [0, 0.05) is 43.6 Å². The number of carbonyl (C=O) groups excluding carboxylic acids is 4. The molecule has 320 valence electrons. The summed E-state index contributed by atoms with van der Waals surface area (Å²) in [5.74, 6) is 2.70. The Labute approximate surface area is 353 Å². The number of aliphatic hydroxyl groups excluding tert-OH is 3. The molecule has 1 amide bonds. The van der Waals surface area contributed by atoms with Crippen molar-refractivity contribution in [3.63, 3.8) is 0 Å². The predicted octanol–water partition coefficient (Wildman–Crippen LogP) is 7.53. The first-order valence-electron chi connectivity index (χ1n) is 21.7. The van der Waals surface area contributed by atoms with Crippen molar-refractivity contribution >= 4 is 46.8 Å². The number of nitrogens with zero attached hydrogens (tertiary/aromatic N) is 1. The summed E-state index contributed by atoms with van der Waals surface area (Å²) in [7, 11) is 0. The van der Waals surface area contributed by atoms with Gasteiger partial charge in [-0.15, -0.1) is 23.2 Å². The SMILES string of the molecule is CC(=O)O[C@]1(C(=O)CO)CC[C@H]2[C@@H]3CCC4=CC(=O)CC[C@]4(C)[C@H]3[C@@H](O)C[C@@]21C.C[C@]12CC[C@@H]3c4ccc(OC(=O)N(CCCl)CCCl)cc4CC[C@H]3[C@@H]1CC[C@@H]2O. The number of hydrogen-bond acceptors (Lipinski definition) is 9. The molecule has 0 heterocycles. The summed E-state index contributed by atoms with van der Waals surface area (Å²) < 4.78 is 11.3. The number of ether oxygens (including phenoxy) is 2. The van der Waals surface area contributed by atoms with E-state index in [1.165, 1.54) is 18.1 Å². The van der Waals surface area contributed by atoms with Crippen LogP contribution in [0.5, 0.6) is 5.75 Å². The van der Waals surface area contributed by atoms with Gasteiger partial charge in [0.1, 0.15) is 12.4 Å². The zero-order chi connectivity index (χ0) is 41.8. The Morgan fingerprint density at radius 2 is 1.60 bits per heavy atom. The summed E-state index contributed by atoms with van der Waals surface area (Å²) in [6.45, 7) is 7.91. The number of esters is 1. The Morgan fingerprint density at radius 1 is 0.879 bits per heavy atom. The van der Waals surface area contributed by atoms with Crippen LogP contribution < -0.4 is 4.74 Å². The van der Waals surface area contributed by atoms with Crippen LogP contribution in [0, 0.1) is 45.8 Å². The highest BCUT2D eigenvalue weighted by Crippen LogP contribution is 2.68. The van der Waals surface area contributed by atoms with Crippen molar-refractivity contribution in [1.82, 2.24) is 4.90 Å². The Balaban J connectivity index is 0.000000177. The molecule has 0 radical (unpaired) electrons. The van der Waals surface area contributed by atoms with E-state index in [9.17, 15) is 34.5 Å². The number of fused-ring (bicyclic) bond motifs is 10. The lowest BCUT2D eigenvalue weighted by Crippen LogP contribution is -2.63. The summed E-state index contributed by atoms with van der Waals surface area (Å²) in [6.07, 6.45) is 11.6. The van der Waals surface area contributed by atoms with Crippen LogP contribution in [0.25, 0.3) is 0 Å². The Hall–Kier alpha value is -2.50. The van der Waals surface area contributed by atoms with Gasteiger partial charge in [-0.1, -0.05) is 32.4 Å². The molecule has 7 aliphatic rings. The summed E-state index contributed by atoms with van der Waals surface area (Å²) >= 11 is 11.6. The highest BCUT2D eigenvalue weighted by atomic mass is 35.5. The molecule has 12 atom stereocenters. The van der Waals surface area contributed by atoms with Crippen LogP contribution in [-0.2, 0) is 25.5 Å². The number of aryl methyl sites for hydroxylation is 1. The number of alkyl halides is 2. The van der Waals surface area contributed by atoms with Gasteiger partial charge in [-0.05, 0) is 153 Å². The molecule has 0 saturated heterocycles. The highest BCUT2D eigenvalue weighted by molar-refractivity contribution is 6.18. The quantitative estimate of drug-likeness (QED) is 0.178. The number of benzene rings is 1. The summed E-state index contributed by atoms with van der Waals surface area (Å²) in [6, 6.07) is 6.13. The zero-order valence-electron chi connectivity index (χ0n) is 34.7. The van der Waals surface area contributed by atoms with Crippen molar-refractivity contribution in [2.75, 3.05) is 31.5 Å². The molecule has 5 saturated carbocycles. The van der Waals surface area contributed by atoms with E-state index >= 15 is 0 Å². The van der Waals surface area contributed by atoms with Crippen molar-refractivity contribution in [3.8, 4) is 5.75 Å². The van der Waals surface area contributed by atoms with Crippen LogP contribution in [0.3, 0.4) is 0 Å². The fraction of sp³-hybridized carbons (Fsp3) is 0.739. The van der Waals surface area contributed by atoms with E-state index < -0.39 is 41.6 Å². The second-order valence-corrected chi connectivity index (χ2v) is 20.0. The summed E-state index contributed by atoms with van der Waals surface area (Å²) in [4.78, 5) is 50.8. The Morgan fingerprint density at radius 3 is 2.29 bits per heavy atom. The van der Waals surface area contributed by atoms with Crippen LogP contribution >= 0.6 is 23.2 Å². The molecule has 0 unspecified atom stereocenters. The third kappa shape index (κ3) is 7.26. The van der Waals surface area contributed by atoms with Crippen molar-refractivity contribution in [1.29, 1.82) is 0 Å². The number of aliphatic hydroxyl groups is 3. The predicted molar refractivity (Wildman–Crippen MR) is 221 cm³/mol. The largest absolute Gasteiger partial charge is 0.451 e. The minimum Gasteiger partial charge on any atom is -0.451 e. The van der Waals surface area contributed by atoms with Crippen molar-refractivity contribution < 1.29 is 44.0 Å². The maximum Gasteiger partial charge on any atom is 0.415 e. The third-order valence-electron chi connectivity index (χ3n) is 16.7. The first-order chi connectivity index (χ1) is 27.6. The van der Waals surface area contributed by atoms with Crippen LogP contribution in [0.2, 0.25) is 0 Å². The number of rotatable bonds is 8. The lowest BCUT2D eigenvalue weighted by atomic mass is 9.45. The van der Waals surface area contributed by atoms with Crippen LogP contribution in [0.1, 0.15) is 122 Å². The molecular formula is C46H63Cl2NO9. The van der Waals surface area contributed by atoms with Gasteiger partial charge in [-0.2, -0.15) is 0 Å².